The van der Waals surface area contributed by atoms with E-state index >= 15 is 0 Å². The number of piperazine rings is 1. The predicted octanol–water partition coefficient (Wildman–Crippen LogP) is 4.99. The third kappa shape index (κ3) is 4.08. The van der Waals surface area contributed by atoms with Crippen LogP contribution < -0.4 is 0 Å². The Hall–Kier alpha value is -4.20. The van der Waals surface area contributed by atoms with E-state index in [0.717, 1.165) is 11.1 Å². The fraction of sp³-hybridized carbons (Fsp3) is 0.286. The number of benzene rings is 2. The zero-order valence-electron chi connectivity index (χ0n) is 20.8. The summed E-state index contributed by atoms with van der Waals surface area (Å²) in [6.45, 7) is 8.17. The molecule has 4 aromatic rings. The molecule has 0 saturated carbocycles. The zero-order chi connectivity index (χ0) is 25.4. The molecule has 2 aromatic heterocycles. The minimum absolute atomic E-state index is 0.148. The highest BCUT2D eigenvalue weighted by atomic mass is 16.5. The van der Waals surface area contributed by atoms with E-state index in [9.17, 15) is 9.59 Å². The fourth-order valence-corrected chi connectivity index (χ4v) is 4.81. The standard InChI is InChI=1S/C28H28N4O4/c1-17-15-32(28(34)24-20(4)36-30-26(24)22-13-9-6-10-14-22)18(2)16-31(17)27(33)23-19(3)35-29-25(23)21-11-7-5-8-12-21/h5-14,17-18H,15-16H2,1-4H3/t17-,18-/m0/s1. The van der Waals surface area contributed by atoms with Crippen LogP contribution in [0.5, 0.6) is 0 Å². The van der Waals surface area contributed by atoms with Crippen molar-refractivity contribution in [3.8, 4) is 22.5 Å². The number of hydrogen-bond donors (Lipinski definition) is 0. The lowest BCUT2D eigenvalue weighted by Gasteiger charge is -2.44. The van der Waals surface area contributed by atoms with Crippen molar-refractivity contribution in [1.82, 2.24) is 20.1 Å². The maximum absolute atomic E-state index is 13.7. The molecular weight excluding hydrogens is 456 g/mol. The van der Waals surface area contributed by atoms with E-state index in [-0.39, 0.29) is 23.9 Å². The molecule has 1 fully saturated rings. The van der Waals surface area contributed by atoms with Crippen molar-refractivity contribution in [3.05, 3.63) is 83.3 Å². The molecule has 0 radical (unpaired) electrons. The predicted molar refractivity (Wildman–Crippen MR) is 134 cm³/mol. The molecule has 8 nitrogen and oxygen atoms in total. The average Bonchev–Trinajstić information content (AvgIpc) is 3.48. The number of hydrogen-bond acceptors (Lipinski definition) is 6. The van der Waals surface area contributed by atoms with Gasteiger partial charge < -0.3 is 18.8 Å². The first-order valence-electron chi connectivity index (χ1n) is 12.0. The lowest BCUT2D eigenvalue weighted by atomic mass is 10.0. The summed E-state index contributed by atoms with van der Waals surface area (Å²) in [7, 11) is 0. The van der Waals surface area contributed by atoms with Crippen molar-refractivity contribution in [2.24, 2.45) is 0 Å². The van der Waals surface area contributed by atoms with Crippen LogP contribution in [0.15, 0.2) is 69.7 Å². The number of nitrogens with zero attached hydrogens (tertiary/aromatic N) is 4. The Balaban J connectivity index is 1.40. The second kappa shape index (κ2) is 9.45. The van der Waals surface area contributed by atoms with Gasteiger partial charge in [0.2, 0.25) is 0 Å². The van der Waals surface area contributed by atoms with Crippen LogP contribution in [-0.4, -0.2) is 57.1 Å². The molecule has 1 aliphatic heterocycles. The van der Waals surface area contributed by atoms with Gasteiger partial charge in [0.1, 0.15) is 34.0 Å². The average molecular weight is 485 g/mol. The quantitative estimate of drug-likeness (QED) is 0.405. The Kier molecular flexibility index (Phi) is 6.18. The first-order chi connectivity index (χ1) is 17.4. The van der Waals surface area contributed by atoms with Crippen LogP contribution in [0.2, 0.25) is 0 Å². The Labute approximate surface area is 209 Å². The summed E-state index contributed by atoms with van der Waals surface area (Å²) >= 11 is 0. The van der Waals surface area contributed by atoms with Crippen LogP contribution in [0.3, 0.4) is 0 Å². The first kappa shape index (κ1) is 23.5. The maximum atomic E-state index is 13.7. The van der Waals surface area contributed by atoms with Crippen LogP contribution in [0.25, 0.3) is 22.5 Å². The van der Waals surface area contributed by atoms with Crippen molar-refractivity contribution >= 4 is 11.8 Å². The Morgan fingerprint density at radius 1 is 0.694 bits per heavy atom. The smallest absolute Gasteiger partial charge is 0.260 e. The number of aryl methyl sites for hydroxylation is 2. The van der Waals surface area contributed by atoms with Crippen LogP contribution in [0, 0.1) is 13.8 Å². The molecular formula is C28H28N4O4. The fourth-order valence-electron chi connectivity index (χ4n) is 4.81. The highest BCUT2D eigenvalue weighted by Gasteiger charge is 2.39. The molecule has 0 unspecified atom stereocenters. The van der Waals surface area contributed by atoms with Gasteiger partial charge in [0.15, 0.2) is 0 Å². The van der Waals surface area contributed by atoms with E-state index in [1.165, 1.54) is 0 Å². The van der Waals surface area contributed by atoms with Gasteiger partial charge >= 0.3 is 0 Å². The van der Waals surface area contributed by atoms with Crippen molar-refractivity contribution in [2.45, 2.75) is 39.8 Å². The largest absolute Gasteiger partial charge is 0.360 e. The molecule has 3 heterocycles. The van der Waals surface area contributed by atoms with Crippen LogP contribution in [0.1, 0.15) is 46.1 Å². The van der Waals surface area contributed by atoms with Crippen LogP contribution >= 0.6 is 0 Å². The molecule has 1 saturated heterocycles. The zero-order valence-corrected chi connectivity index (χ0v) is 20.8. The number of carbonyl (C=O) groups is 2. The minimum Gasteiger partial charge on any atom is -0.360 e. The molecule has 0 spiro atoms. The molecule has 8 heteroatoms. The molecule has 0 bridgehead atoms. The molecule has 36 heavy (non-hydrogen) atoms. The third-order valence-corrected chi connectivity index (χ3v) is 6.76. The van der Waals surface area contributed by atoms with Crippen LogP contribution in [0.4, 0.5) is 0 Å². The minimum atomic E-state index is -0.212. The Morgan fingerprint density at radius 2 is 1.06 bits per heavy atom. The second-order valence-corrected chi connectivity index (χ2v) is 9.27. The van der Waals surface area contributed by atoms with Crippen molar-refractivity contribution < 1.29 is 18.6 Å². The summed E-state index contributed by atoms with van der Waals surface area (Å²) in [4.78, 5) is 31.1. The van der Waals surface area contributed by atoms with Crippen molar-refractivity contribution in [3.63, 3.8) is 0 Å². The Bertz CT molecular complexity index is 1290. The van der Waals surface area contributed by atoms with Crippen LogP contribution in [-0.2, 0) is 0 Å². The number of rotatable bonds is 4. The molecule has 0 N–H and O–H groups in total. The van der Waals surface area contributed by atoms with Gasteiger partial charge in [0.25, 0.3) is 11.8 Å². The number of amides is 2. The van der Waals surface area contributed by atoms with E-state index < -0.39 is 0 Å². The van der Waals surface area contributed by atoms with Gasteiger partial charge in [-0.15, -0.1) is 0 Å². The summed E-state index contributed by atoms with van der Waals surface area (Å²) in [5, 5.41) is 8.33. The van der Waals surface area contributed by atoms with Gasteiger partial charge in [-0.05, 0) is 27.7 Å². The van der Waals surface area contributed by atoms with E-state index in [1.807, 2.05) is 74.5 Å². The summed E-state index contributed by atoms with van der Waals surface area (Å²) in [6.07, 6.45) is 0. The second-order valence-electron chi connectivity index (χ2n) is 9.27. The van der Waals surface area contributed by atoms with E-state index in [2.05, 4.69) is 10.3 Å². The molecule has 184 valence electrons. The molecule has 1 aliphatic rings. The van der Waals surface area contributed by atoms with Crippen molar-refractivity contribution in [1.29, 1.82) is 0 Å². The summed E-state index contributed by atoms with van der Waals surface area (Å²) in [5.74, 6) is 0.657. The van der Waals surface area contributed by atoms with Gasteiger partial charge in [-0.3, -0.25) is 9.59 Å². The summed E-state index contributed by atoms with van der Waals surface area (Å²) in [6, 6.07) is 18.6. The Morgan fingerprint density at radius 3 is 1.42 bits per heavy atom. The molecule has 2 aromatic carbocycles. The maximum Gasteiger partial charge on any atom is 0.260 e. The molecule has 5 rings (SSSR count). The summed E-state index contributed by atoms with van der Waals surface area (Å²) in [5.41, 5.74) is 3.63. The third-order valence-electron chi connectivity index (χ3n) is 6.76. The highest BCUT2D eigenvalue weighted by Crippen LogP contribution is 2.31. The van der Waals surface area contributed by atoms with E-state index in [0.29, 0.717) is 47.1 Å². The molecule has 2 amide bonds. The SMILES string of the molecule is Cc1onc(-c2ccccc2)c1C(=O)N1C[C@H](C)N(C(=O)c2c(-c3ccccc3)noc2C)C[C@@H]1C. The molecule has 0 aliphatic carbocycles. The number of carbonyl (C=O) groups excluding carboxylic acids is 2. The molecule has 2 atom stereocenters. The summed E-state index contributed by atoms with van der Waals surface area (Å²) < 4.78 is 10.8. The van der Waals surface area contributed by atoms with Gasteiger partial charge in [-0.2, -0.15) is 0 Å². The van der Waals surface area contributed by atoms with E-state index in [1.54, 1.807) is 23.6 Å². The van der Waals surface area contributed by atoms with E-state index in [4.69, 9.17) is 9.05 Å². The normalized spacial score (nSPS) is 17.9. The van der Waals surface area contributed by atoms with Gasteiger partial charge in [-0.1, -0.05) is 71.0 Å². The van der Waals surface area contributed by atoms with Crippen molar-refractivity contribution in [2.75, 3.05) is 13.1 Å². The lowest BCUT2D eigenvalue weighted by molar-refractivity contribution is 0.0268. The highest BCUT2D eigenvalue weighted by molar-refractivity contribution is 6.02. The lowest BCUT2D eigenvalue weighted by Crippen LogP contribution is -2.59. The first-order valence-corrected chi connectivity index (χ1v) is 12.0. The number of aromatic nitrogens is 2. The van der Waals surface area contributed by atoms with Gasteiger partial charge in [0, 0.05) is 36.3 Å². The van der Waals surface area contributed by atoms with Gasteiger partial charge in [0.05, 0.1) is 0 Å². The van der Waals surface area contributed by atoms with Gasteiger partial charge in [-0.25, -0.2) is 0 Å². The monoisotopic (exact) mass is 484 g/mol. The topological polar surface area (TPSA) is 92.7 Å².